The zero-order valence-electron chi connectivity index (χ0n) is 10.4. The number of carbonyl (C=O) groups is 1. The molecule has 0 unspecified atom stereocenters. The molecule has 0 bridgehead atoms. The molecule has 0 atom stereocenters. The van der Waals surface area contributed by atoms with E-state index in [4.69, 9.17) is 10.00 Å². The number of carbonyl (C=O) groups excluding carboxylic acids is 1. The number of fused-ring (bicyclic) bond motifs is 1. The molecule has 1 aromatic heterocycles. The van der Waals surface area contributed by atoms with Gasteiger partial charge in [-0.2, -0.15) is 5.26 Å². The van der Waals surface area contributed by atoms with Crippen molar-refractivity contribution in [3.63, 3.8) is 0 Å². The summed E-state index contributed by atoms with van der Waals surface area (Å²) in [6, 6.07) is 7.55. The predicted octanol–water partition coefficient (Wildman–Crippen LogP) is 1.07. The fraction of sp³-hybridized carbons (Fsp3) is 0.308. The Labute approximate surface area is 109 Å². The third-order valence-electron chi connectivity index (χ3n) is 3.42. The molecule has 0 saturated carbocycles. The molecule has 19 heavy (non-hydrogen) atoms. The van der Waals surface area contributed by atoms with Crippen LogP contribution in [0.15, 0.2) is 24.5 Å². The van der Waals surface area contributed by atoms with E-state index in [0.29, 0.717) is 0 Å². The van der Waals surface area contributed by atoms with E-state index in [0.717, 1.165) is 16.7 Å². The standard InChI is InChI=1S/C13H12N4O2/c1-17(12(18)13(5-14)6-19-7-13)9-2-3-10-11(4-9)16-8-15-10/h2-4,8H,6-7H2,1H3,(H,15,16). The van der Waals surface area contributed by atoms with Crippen LogP contribution >= 0.6 is 0 Å². The van der Waals surface area contributed by atoms with Crippen molar-refractivity contribution in [3.8, 4) is 6.07 Å². The van der Waals surface area contributed by atoms with Crippen LogP contribution in [0.5, 0.6) is 0 Å². The van der Waals surface area contributed by atoms with Gasteiger partial charge in [-0.05, 0) is 18.2 Å². The van der Waals surface area contributed by atoms with Gasteiger partial charge < -0.3 is 14.6 Å². The molecule has 1 aliphatic heterocycles. The van der Waals surface area contributed by atoms with Crippen molar-refractivity contribution in [2.24, 2.45) is 5.41 Å². The van der Waals surface area contributed by atoms with Crippen LogP contribution < -0.4 is 4.90 Å². The maximum atomic E-state index is 12.4. The lowest BCUT2D eigenvalue weighted by Crippen LogP contribution is -2.53. The summed E-state index contributed by atoms with van der Waals surface area (Å²) in [5, 5.41) is 9.15. The summed E-state index contributed by atoms with van der Waals surface area (Å²) >= 11 is 0. The van der Waals surface area contributed by atoms with Crippen LogP contribution in [-0.2, 0) is 9.53 Å². The van der Waals surface area contributed by atoms with E-state index >= 15 is 0 Å². The fourth-order valence-corrected chi connectivity index (χ4v) is 2.11. The molecule has 2 heterocycles. The summed E-state index contributed by atoms with van der Waals surface area (Å²) in [5.41, 5.74) is 1.39. The van der Waals surface area contributed by atoms with Gasteiger partial charge in [0.15, 0.2) is 5.41 Å². The molecule has 0 aliphatic carbocycles. The lowest BCUT2D eigenvalue weighted by molar-refractivity contribution is -0.146. The number of hydrogen-bond donors (Lipinski definition) is 1. The molecule has 96 valence electrons. The maximum Gasteiger partial charge on any atom is 0.252 e. The fourth-order valence-electron chi connectivity index (χ4n) is 2.11. The van der Waals surface area contributed by atoms with Gasteiger partial charge in [0.05, 0.1) is 36.6 Å². The number of rotatable bonds is 2. The minimum absolute atomic E-state index is 0.166. The topological polar surface area (TPSA) is 82.0 Å². The second kappa shape index (κ2) is 4.07. The molecular weight excluding hydrogens is 244 g/mol. The summed E-state index contributed by atoms with van der Waals surface area (Å²) in [4.78, 5) is 21.0. The van der Waals surface area contributed by atoms with Crippen LogP contribution in [0.4, 0.5) is 5.69 Å². The van der Waals surface area contributed by atoms with E-state index in [-0.39, 0.29) is 19.1 Å². The number of H-pyrrole nitrogens is 1. The minimum atomic E-state index is -1.03. The highest BCUT2D eigenvalue weighted by Crippen LogP contribution is 2.31. The number of nitrogens with one attached hydrogen (secondary N) is 1. The number of benzene rings is 1. The van der Waals surface area contributed by atoms with Crippen LogP contribution in [0.25, 0.3) is 11.0 Å². The zero-order chi connectivity index (χ0) is 13.5. The molecule has 6 nitrogen and oxygen atoms in total. The number of hydrogen-bond acceptors (Lipinski definition) is 4. The highest BCUT2D eigenvalue weighted by atomic mass is 16.5. The van der Waals surface area contributed by atoms with Gasteiger partial charge in [0.2, 0.25) is 0 Å². The van der Waals surface area contributed by atoms with E-state index in [9.17, 15) is 4.79 Å². The Morgan fingerprint density at radius 3 is 3.00 bits per heavy atom. The van der Waals surface area contributed by atoms with E-state index in [1.54, 1.807) is 13.4 Å². The Hall–Kier alpha value is -2.39. The summed E-state index contributed by atoms with van der Waals surface area (Å²) < 4.78 is 5.01. The number of aromatic nitrogens is 2. The van der Waals surface area contributed by atoms with E-state index in [1.807, 2.05) is 18.2 Å². The van der Waals surface area contributed by atoms with Crippen molar-refractivity contribution < 1.29 is 9.53 Å². The Morgan fingerprint density at radius 1 is 1.58 bits per heavy atom. The van der Waals surface area contributed by atoms with Gasteiger partial charge in [-0.3, -0.25) is 4.79 Å². The van der Waals surface area contributed by atoms with Crippen LogP contribution in [0, 0.1) is 16.7 Å². The van der Waals surface area contributed by atoms with Gasteiger partial charge in [-0.25, -0.2) is 4.98 Å². The average molecular weight is 256 g/mol. The molecule has 1 N–H and O–H groups in total. The third-order valence-corrected chi connectivity index (χ3v) is 3.42. The molecule has 1 aromatic carbocycles. The van der Waals surface area contributed by atoms with E-state index < -0.39 is 5.41 Å². The van der Waals surface area contributed by atoms with Crippen molar-refractivity contribution in [1.82, 2.24) is 9.97 Å². The van der Waals surface area contributed by atoms with Crippen LogP contribution in [-0.4, -0.2) is 36.1 Å². The SMILES string of the molecule is CN(C(=O)C1(C#N)COC1)c1ccc2nc[nH]c2c1. The molecule has 0 radical (unpaired) electrons. The minimum Gasteiger partial charge on any atom is -0.377 e. The molecule has 0 spiro atoms. The smallest absolute Gasteiger partial charge is 0.252 e. The van der Waals surface area contributed by atoms with Crippen molar-refractivity contribution >= 4 is 22.6 Å². The van der Waals surface area contributed by atoms with Crippen molar-refractivity contribution in [2.75, 3.05) is 25.2 Å². The summed E-state index contributed by atoms with van der Waals surface area (Å²) in [7, 11) is 1.66. The first-order chi connectivity index (χ1) is 9.16. The normalized spacial score (nSPS) is 16.6. The summed E-state index contributed by atoms with van der Waals surface area (Å²) in [6.07, 6.45) is 1.60. The lowest BCUT2D eigenvalue weighted by Gasteiger charge is -2.36. The van der Waals surface area contributed by atoms with Crippen molar-refractivity contribution in [1.29, 1.82) is 5.26 Å². The van der Waals surface area contributed by atoms with Crippen molar-refractivity contribution in [3.05, 3.63) is 24.5 Å². The first-order valence-electron chi connectivity index (χ1n) is 5.87. The second-order valence-electron chi connectivity index (χ2n) is 4.65. The Morgan fingerprint density at radius 2 is 2.37 bits per heavy atom. The van der Waals surface area contributed by atoms with Gasteiger partial charge in [-0.1, -0.05) is 0 Å². The first kappa shape index (κ1) is 11.7. The molecule has 1 saturated heterocycles. The zero-order valence-corrected chi connectivity index (χ0v) is 10.4. The predicted molar refractivity (Wildman–Crippen MR) is 68.4 cm³/mol. The molecule has 2 aromatic rings. The van der Waals surface area contributed by atoms with E-state index in [1.165, 1.54) is 4.90 Å². The second-order valence-corrected chi connectivity index (χ2v) is 4.65. The molecule has 3 rings (SSSR count). The number of ether oxygens (including phenoxy) is 1. The first-order valence-corrected chi connectivity index (χ1v) is 5.87. The Kier molecular flexibility index (Phi) is 2.50. The van der Waals surface area contributed by atoms with Crippen LogP contribution in [0.3, 0.4) is 0 Å². The van der Waals surface area contributed by atoms with Gasteiger partial charge >= 0.3 is 0 Å². The number of nitrogens with zero attached hydrogens (tertiary/aromatic N) is 3. The molecule has 1 amide bonds. The van der Waals surface area contributed by atoms with Crippen LogP contribution in [0.1, 0.15) is 0 Å². The molecular formula is C13H12N4O2. The number of imidazole rings is 1. The summed E-state index contributed by atoms with van der Waals surface area (Å²) in [5.74, 6) is -0.236. The van der Waals surface area contributed by atoms with Gasteiger partial charge in [0, 0.05) is 12.7 Å². The monoisotopic (exact) mass is 256 g/mol. The third kappa shape index (κ3) is 1.67. The quantitative estimate of drug-likeness (QED) is 0.871. The Balaban J connectivity index is 1.93. The van der Waals surface area contributed by atoms with E-state index in [2.05, 4.69) is 16.0 Å². The molecule has 6 heteroatoms. The number of amides is 1. The summed E-state index contributed by atoms with van der Waals surface area (Å²) in [6.45, 7) is 0.331. The molecule has 1 fully saturated rings. The highest BCUT2D eigenvalue weighted by Gasteiger charge is 2.48. The number of aromatic amines is 1. The number of anilines is 1. The van der Waals surface area contributed by atoms with Crippen molar-refractivity contribution in [2.45, 2.75) is 0 Å². The lowest BCUT2D eigenvalue weighted by atomic mass is 9.86. The highest BCUT2D eigenvalue weighted by molar-refractivity contribution is 6.00. The molecule has 1 aliphatic rings. The maximum absolute atomic E-state index is 12.4. The van der Waals surface area contributed by atoms with Crippen LogP contribution in [0.2, 0.25) is 0 Å². The number of nitriles is 1. The Bertz CT molecular complexity index is 681. The van der Waals surface area contributed by atoms with Gasteiger partial charge in [0.25, 0.3) is 5.91 Å². The average Bonchev–Trinajstić information content (AvgIpc) is 2.84. The largest absolute Gasteiger partial charge is 0.377 e. The van der Waals surface area contributed by atoms with Gasteiger partial charge in [-0.15, -0.1) is 0 Å². The van der Waals surface area contributed by atoms with Gasteiger partial charge in [0.1, 0.15) is 0 Å².